The van der Waals surface area contributed by atoms with Gasteiger partial charge in [0, 0.05) is 30.0 Å². The summed E-state index contributed by atoms with van der Waals surface area (Å²) >= 11 is 1.73. The van der Waals surface area contributed by atoms with E-state index >= 15 is 0 Å². The number of nitrogens with zero attached hydrogens (tertiary/aromatic N) is 1. The molecule has 1 fully saturated rings. The van der Waals surface area contributed by atoms with Crippen molar-refractivity contribution in [1.29, 1.82) is 0 Å². The molecule has 1 heterocycles. The van der Waals surface area contributed by atoms with Gasteiger partial charge in [-0.15, -0.1) is 11.8 Å². The number of ether oxygens (including phenoxy) is 1. The molecule has 5 nitrogen and oxygen atoms in total. The molecule has 0 radical (unpaired) electrons. The molecule has 1 aromatic rings. The molecule has 6 heteroatoms. The molecular formula is C10H12N2O3S. The largest absolute Gasteiger partial charge is 0.496 e. The van der Waals surface area contributed by atoms with E-state index in [4.69, 9.17) is 4.74 Å². The van der Waals surface area contributed by atoms with E-state index < -0.39 is 0 Å². The van der Waals surface area contributed by atoms with Crippen molar-refractivity contribution in [3.63, 3.8) is 0 Å². The van der Waals surface area contributed by atoms with Crippen molar-refractivity contribution in [2.45, 2.75) is 5.37 Å². The van der Waals surface area contributed by atoms with Gasteiger partial charge in [-0.05, 0) is 6.07 Å². The molecule has 1 atom stereocenters. The number of hydrogen-bond donors (Lipinski definition) is 1. The molecule has 0 amide bonds. The second-order valence-electron chi connectivity index (χ2n) is 3.39. The maximum atomic E-state index is 10.7. The first-order chi connectivity index (χ1) is 7.72. The zero-order valence-electron chi connectivity index (χ0n) is 8.80. The lowest BCUT2D eigenvalue weighted by atomic mass is 10.1. The second kappa shape index (κ2) is 4.71. The maximum Gasteiger partial charge on any atom is 0.270 e. The predicted molar refractivity (Wildman–Crippen MR) is 62.9 cm³/mol. The molecule has 86 valence electrons. The number of benzene rings is 1. The fourth-order valence-electron chi connectivity index (χ4n) is 1.67. The normalized spacial score (nSPS) is 19.7. The van der Waals surface area contributed by atoms with E-state index in [1.807, 2.05) is 0 Å². The van der Waals surface area contributed by atoms with Crippen molar-refractivity contribution < 1.29 is 9.66 Å². The van der Waals surface area contributed by atoms with Crippen molar-refractivity contribution in [3.8, 4) is 5.75 Å². The van der Waals surface area contributed by atoms with Crippen LogP contribution in [0.25, 0.3) is 0 Å². The van der Waals surface area contributed by atoms with Crippen molar-refractivity contribution in [3.05, 3.63) is 33.9 Å². The number of thioether (sulfide) groups is 1. The highest BCUT2D eigenvalue weighted by atomic mass is 32.2. The minimum Gasteiger partial charge on any atom is -0.496 e. The van der Waals surface area contributed by atoms with Gasteiger partial charge < -0.3 is 10.1 Å². The van der Waals surface area contributed by atoms with Crippen LogP contribution in [-0.4, -0.2) is 24.3 Å². The molecule has 2 rings (SSSR count). The quantitative estimate of drug-likeness (QED) is 0.646. The van der Waals surface area contributed by atoms with Gasteiger partial charge in [0.05, 0.1) is 17.4 Å². The van der Waals surface area contributed by atoms with E-state index in [-0.39, 0.29) is 16.0 Å². The van der Waals surface area contributed by atoms with E-state index in [0.29, 0.717) is 5.75 Å². The smallest absolute Gasteiger partial charge is 0.270 e. The number of nitrogens with one attached hydrogen (secondary N) is 1. The van der Waals surface area contributed by atoms with Crippen LogP contribution in [0.4, 0.5) is 5.69 Å². The van der Waals surface area contributed by atoms with Gasteiger partial charge in [-0.1, -0.05) is 0 Å². The van der Waals surface area contributed by atoms with E-state index in [1.54, 1.807) is 31.0 Å². The third-order valence-corrected chi connectivity index (χ3v) is 3.62. The fourth-order valence-corrected chi connectivity index (χ4v) is 2.74. The van der Waals surface area contributed by atoms with Gasteiger partial charge in [-0.2, -0.15) is 0 Å². The SMILES string of the molecule is COc1ccc([N+](=O)[O-])cc1[C@@H]1NCCS1. The molecular weight excluding hydrogens is 228 g/mol. The molecule has 16 heavy (non-hydrogen) atoms. The summed E-state index contributed by atoms with van der Waals surface area (Å²) in [5.41, 5.74) is 0.948. The van der Waals surface area contributed by atoms with Crippen LogP contribution in [0.3, 0.4) is 0 Å². The van der Waals surface area contributed by atoms with Crippen LogP contribution in [0.1, 0.15) is 10.9 Å². The summed E-state index contributed by atoms with van der Waals surface area (Å²) in [4.78, 5) is 10.3. The maximum absolute atomic E-state index is 10.7. The van der Waals surface area contributed by atoms with Crippen LogP contribution in [0.5, 0.6) is 5.75 Å². The summed E-state index contributed by atoms with van der Waals surface area (Å²) in [5.74, 6) is 1.70. The van der Waals surface area contributed by atoms with Crippen LogP contribution in [0, 0.1) is 10.1 Å². The lowest BCUT2D eigenvalue weighted by Gasteiger charge is -2.13. The summed E-state index contributed by atoms with van der Waals surface area (Å²) in [6.45, 7) is 0.918. The minimum atomic E-state index is -0.386. The summed E-state index contributed by atoms with van der Waals surface area (Å²) in [7, 11) is 1.57. The third-order valence-electron chi connectivity index (χ3n) is 2.42. The molecule has 1 N–H and O–H groups in total. The number of rotatable bonds is 3. The van der Waals surface area contributed by atoms with Gasteiger partial charge in [0.2, 0.25) is 0 Å². The van der Waals surface area contributed by atoms with E-state index in [2.05, 4.69) is 5.32 Å². The van der Waals surface area contributed by atoms with Gasteiger partial charge in [-0.25, -0.2) is 0 Å². The summed E-state index contributed by atoms with van der Waals surface area (Å²) in [5, 5.41) is 14.1. The molecule has 0 unspecified atom stereocenters. The van der Waals surface area contributed by atoms with Crippen molar-refractivity contribution >= 4 is 17.4 Å². The average Bonchev–Trinajstić information content (AvgIpc) is 2.81. The summed E-state index contributed by atoms with van der Waals surface area (Å²) < 4.78 is 5.22. The van der Waals surface area contributed by atoms with Gasteiger partial charge in [0.15, 0.2) is 0 Å². The highest BCUT2D eigenvalue weighted by Gasteiger charge is 2.22. The van der Waals surface area contributed by atoms with Gasteiger partial charge in [-0.3, -0.25) is 10.1 Å². The molecule has 0 spiro atoms. The van der Waals surface area contributed by atoms with Crippen LogP contribution in [0.2, 0.25) is 0 Å². The monoisotopic (exact) mass is 240 g/mol. The molecule has 1 aliphatic rings. The molecule has 0 aromatic heterocycles. The number of non-ortho nitro benzene ring substituents is 1. The lowest BCUT2D eigenvalue weighted by Crippen LogP contribution is -2.13. The van der Waals surface area contributed by atoms with Crippen LogP contribution in [-0.2, 0) is 0 Å². The Bertz CT molecular complexity index is 405. The lowest BCUT2D eigenvalue weighted by molar-refractivity contribution is -0.384. The molecule has 0 bridgehead atoms. The Kier molecular flexibility index (Phi) is 3.31. The van der Waals surface area contributed by atoms with E-state index in [1.165, 1.54) is 6.07 Å². The fraction of sp³-hybridized carbons (Fsp3) is 0.400. The Balaban J connectivity index is 2.38. The van der Waals surface area contributed by atoms with E-state index in [9.17, 15) is 10.1 Å². The number of nitro benzene ring substituents is 1. The molecule has 1 saturated heterocycles. The molecule has 0 aliphatic carbocycles. The predicted octanol–water partition coefficient (Wildman–Crippen LogP) is 1.94. The third kappa shape index (κ3) is 2.12. The first-order valence-electron chi connectivity index (χ1n) is 4.89. The summed E-state index contributed by atoms with van der Waals surface area (Å²) in [6.07, 6.45) is 0. The van der Waals surface area contributed by atoms with Crippen LogP contribution >= 0.6 is 11.8 Å². The van der Waals surface area contributed by atoms with Crippen molar-refractivity contribution in [2.24, 2.45) is 0 Å². The topological polar surface area (TPSA) is 64.4 Å². The highest BCUT2D eigenvalue weighted by molar-refractivity contribution is 7.99. The summed E-state index contributed by atoms with van der Waals surface area (Å²) in [6, 6.07) is 4.69. The zero-order valence-corrected chi connectivity index (χ0v) is 9.62. The Labute approximate surface area is 97.3 Å². The molecule has 1 aliphatic heterocycles. The van der Waals surface area contributed by atoms with Gasteiger partial charge in [0.1, 0.15) is 5.75 Å². The Morgan fingerprint density at radius 3 is 3.00 bits per heavy atom. The standard InChI is InChI=1S/C10H12N2O3S/c1-15-9-3-2-7(12(13)14)6-8(9)10-11-4-5-16-10/h2-3,6,10-11H,4-5H2,1H3/t10-/m1/s1. The zero-order chi connectivity index (χ0) is 11.5. The Hall–Kier alpha value is -1.27. The Morgan fingerprint density at radius 1 is 1.62 bits per heavy atom. The Morgan fingerprint density at radius 2 is 2.44 bits per heavy atom. The van der Waals surface area contributed by atoms with Crippen molar-refractivity contribution in [1.82, 2.24) is 5.32 Å². The number of hydrogen-bond acceptors (Lipinski definition) is 5. The van der Waals surface area contributed by atoms with Crippen molar-refractivity contribution in [2.75, 3.05) is 19.4 Å². The second-order valence-corrected chi connectivity index (χ2v) is 4.60. The minimum absolute atomic E-state index is 0.0925. The van der Waals surface area contributed by atoms with Gasteiger partial charge >= 0.3 is 0 Å². The van der Waals surface area contributed by atoms with Crippen LogP contribution in [0.15, 0.2) is 18.2 Å². The molecule has 1 aromatic carbocycles. The first kappa shape index (κ1) is 11.2. The highest BCUT2D eigenvalue weighted by Crippen LogP contribution is 2.37. The number of nitro groups is 1. The van der Waals surface area contributed by atoms with Gasteiger partial charge in [0.25, 0.3) is 5.69 Å². The first-order valence-corrected chi connectivity index (χ1v) is 5.94. The molecule has 0 saturated carbocycles. The number of methoxy groups -OCH3 is 1. The average molecular weight is 240 g/mol. The van der Waals surface area contributed by atoms with Crippen LogP contribution < -0.4 is 10.1 Å². The van der Waals surface area contributed by atoms with E-state index in [0.717, 1.165) is 17.9 Å².